The molecule has 0 spiro atoms. The molecule has 342 valence electrons. The van der Waals surface area contributed by atoms with Gasteiger partial charge in [-0.25, -0.2) is 0 Å². The van der Waals surface area contributed by atoms with Gasteiger partial charge >= 0.3 is 0 Å². The minimum atomic E-state index is -0.877. The molecule has 1 heterocycles. The van der Waals surface area contributed by atoms with Crippen molar-refractivity contribution in [3.63, 3.8) is 0 Å². The van der Waals surface area contributed by atoms with E-state index in [1.807, 2.05) is 94.2 Å². The summed E-state index contributed by atoms with van der Waals surface area (Å²) >= 11 is 0. The van der Waals surface area contributed by atoms with Gasteiger partial charge in [0.15, 0.2) is 0 Å². The van der Waals surface area contributed by atoms with Crippen LogP contribution >= 0.6 is 0 Å². The highest BCUT2D eigenvalue weighted by Crippen LogP contribution is 2.31. The molecule has 0 radical (unpaired) electrons. The Balaban J connectivity index is 1.70. The van der Waals surface area contributed by atoms with Crippen molar-refractivity contribution < 1.29 is 33.8 Å². The first-order valence-electron chi connectivity index (χ1n) is 22.3. The standard InChI is InChI=1S/C48H78N6O7/c1-13-32(6)38(29-53(10)48(59)42(30(2)3)51-47(58)43(31(4)5)52(9)27-25-35-21-23-37(49)24-22-35)40(60-11)28-41(55)54-26-17-20-39(54)45(61-12)33(7)46(57)50-34(8)44(56)36-18-15-14-16-19-36/h14-16,18-19,21-24,30-34,38-40,42-45,56H,13,17,20,25-29,49H2,1-12H3,(H,50,57)(H,51,58)/t32-,33+,34+,38-,39-,40+,42-,43-,44+,45+/m0/s1. The molecule has 0 bridgehead atoms. The highest BCUT2D eigenvalue weighted by Gasteiger charge is 2.42. The second kappa shape index (κ2) is 24.6. The van der Waals surface area contributed by atoms with Crippen LogP contribution in [0.5, 0.6) is 0 Å². The van der Waals surface area contributed by atoms with E-state index in [1.165, 1.54) is 0 Å². The lowest BCUT2D eigenvalue weighted by Crippen LogP contribution is -2.57. The Morgan fingerprint density at radius 2 is 1.52 bits per heavy atom. The normalized spacial score (nSPS) is 18.8. The number of nitrogen functional groups attached to an aromatic ring is 1. The quantitative estimate of drug-likeness (QED) is 0.102. The number of carbonyl (C=O) groups is 4. The van der Waals surface area contributed by atoms with E-state index in [0.29, 0.717) is 37.3 Å². The van der Waals surface area contributed by atoms with Crippen LogP contribution in [0, 0.1) is 29.6 Å². The van der Waals surface area contributed by atoms with E-state index in [1.54, 1.807) is 40.0 Å². The minimum Gasteiger partial charge on any atom is -0.399 e. The molecule has 2 aromatic rings. The molecular weight excluding hydrogens is 773 g/mol. The third kappa shape index (κ3) is 14.2. The minimum absolute atomic E-state index is 0.00392. The molecule has 5 N–H and O–H groups in total. The molecule has 1 fully saturated rings. The molecule has 0 aromatic heterocycles. The lowest BCUT2D eigenvalue weighted by Gasteiger charge is -2.38. The third-order valence-corrected chi connectivity index (χ3v) is 12.9. The molecular formula is C48H78N6O7. The predicted octanol–water partition coefficient (Wildman–Crippen LogP) is 5.31. The molecule has 13 nitrogen and oxygen atoms in total. The Morgan fingerprint density at radius 1 is 0.885 bits per heavy atom. The van der Waals surface area contributed by atoms with E-state index in [2.05, 4.69) is 29.4 Å². The number of amides is 4. The predicted molar refractivity (Wildman–Crippen MR) is 242 cm³/mol. The molecule has 1 aliphatic rings. The number of likely N-dealkylation sites (N-methyl/N-ethyl adjacent to an activating group) is 2. The van der Waals surface area contributed by atoms with Crippen LogP contribution in [-0.4, -0.2) is 128 Å². The number of rotatable bonds is 24. The topological polar surface area (TPSA) is 167 Å². The molecule has 0 aliphatic carbocycles. The molecule has 10 atom stereocenters. The number of likely N-dealkylation sites (tertiary alicyclic amines) is 1. The van der Waals surface area contributed by atoms with Crippen LogP contribution < -0.4 is 16.4 Å². The number of anilines is 1. The van der Waals surface area contributed by atoms with E-state index < -0.39 is 42.4 Å². The summed E-state index contributed by atoms with van der Waals surface area (Å²) in [5.41, 5.74) is 8.42. The summed E-state index contributed by atoms with van der Waals surface area (Å²) in [6.45, 7) is 17.2. The average molecular weight is 851 g/mol. The smallest absolute Gasteiger partial charge is 0.245 e. The van der Waals surface area contributed by atoms with Gasteiger partial charge in [-0.1, -0.05) is 97.4 Å². The summed E-state index contributed by atoms with van der Waals surface area (Å²) in [5.74, 6) is -1.56. The van der Waals surface area contributed by atoms with Crippen molar-refractivity contribution in [3.8, 4) is 0 Å². The molecule has 3 rings (SSSR count). The Labute approximate surface area is 366 Å². The molecule has 1 saturated heterocycles. The highest BCUT2D eigenvalue weighted by molar-refractivity contribution is 5.90. The second-order valence-corrected chi connectivity index (χ2v) is 18.1. The molecule has 0 unspecified atom stereocenters. The molecule has 61 heavy (non-hydrogen) atoms. The van der Waals surface area contributed by atoms with Crippen molar-refractivity contribution in [2.75, 3.05) is 53.7 Å². The van der Waals surface area contributed by atoms with Gasteiger partial charge in [0.2, 0.25) is 23.6 Å². The Hall–Kier alpha value is -4.04. The first-order chi connectivity index (χ1) is 28.9. The molecule has 2 aromatic carbocycles. The number of aliphatic hydroxyl groups excluding tert-OH is 1. The van der Waals surface area contributed by atoms with Crippen LogP contribution in [0.3, 0.4) is 0 Å². The van der Waals surface area contributed by atoms with Gasteiger partial charge in [-0.05, 0) is 74.2 Å². The van der Waals surface area contributed by atoms with Crippen molar-refractivity contribution >= 4 is 29.3 Å². The van der Waals surface area contributed by atoms with Crippen molar-refractivity contribution in [1.82, 2.24) is 25.3 Å². The zero-order chi connectivity index (χ0) is 45.6. The maximum absolute atomic E-state index is 14.3. The van der Waals surface area contributed by atoms with E-state index >= 15 is 0 Å². The lowest BCUT2D eigenvalue weighted by atomic mass is 9.84. The summed E-state index contributed by atoms with van der Waals surface area (Å²) in [7, 11) is 6.89. The van der Waals surface area contributed by atoms with Gasteiger partial charge in [-0.15, -0.1) is 0 Å². The number of aliphatic hydroxyl groups is 1. The number of carbonyl (C=O) groups excluding carboxylic acids is 4. The lowest BCUT2D eigenvalue weighted by molar-refractivity contribution is -0.144. The van der Waals surface area contributed by atoms with Crippen molar-refractivity contribution in [2.24, 2.45) is 29.6 Å². The number of hydrogen-bond donors (Lipinski definition) is 4. The van der Waals surface area contributed by atoms with E-state index in [0.717, 1.165) is 24.8 Å². The third-order valence-electron chi connectivity index (χ3n) is 12.9. The van der Waals surface area contributed by atoms with Crippen LogP contribution in [0.2, 0.25) is 0 Å². The first kappa shape index (κ1) is 51.3. The summed E-state index contributed by atoms with van der Waals surface area (Å²) in [6, 6.07) is 14.9. The number of nitrogens with zero attached hydrogens (tertiary/aromatic N) is 3. The van der Waals surface area contributed by atoms with Gasteiger partial charge in [-0.2, -0.15) is 0 Å². The maximum atomic E-state index is 14.3. The van der Waals surface area contributed by atoms with Gasteiger partial charge in [-0.3, -0.25) is 24.1 Å². The molecule has 1 aliphatic heterocycles. The SMILES string of the molecule is CC[C@H](C)[C@H](CN(C)C(=O)[C@@H](NC(=O)[C@H](C(C)C)N(C)CCc1ccc(N)cc1)C(C)C)[C@@H](CC(=O)N1CCC[C@H]1[C@H](OC)[C@@H](C)C(=O)N[C@H](C)[C@@H](O)c1ccccc1)OC. The monoisotopic (exact) mass is 851 g/mol. The number of nitrogens with two attached hydrogens (primary N) is 1. The Kier molecular flexibility index (Phi) is 20.7. The summed E-state index contributed by atoms with van der Waals surface area (Å²) in [6.07, 6.45) is 1.19. The summed E-state index contributed by atoms with van der Waals surface area (Å²) in [4.78, 5) is 61.6. The highest BCUT2D eigenvalue weighted by atomic mass is 16.5. The van der Waals surface area contributed by atoms with Gasteiger partial charge in [0.1, 0.15) is 6.04 Å². The number of methoxy groups -OCH3 is 2. The Morgan fingerprint density at radius 3 is 2.08 bits per heavy atom. The van der Waals surface area contributed by atoms with Crippen LogP contribution in [0.4, 0.5) is 5.69 Å². The zero-order valence-electron chi connectivity index (χ0n) is 39.1. The molecule has 4 amide bonds. The summed E-state index contributed by atoms with van der Waals surface area (Å²) < 4.78 is 12.0. The van der Waals surface area contributed by atoms with Crippen molar-refractivity contribution in [3.05, 3.63) is 65.7 Å². The van der Waals surface area contributed by atoms with Crippen LogP contribution in [0.1, 0.15) is 98.3 Å². The first-order valence-corrected chi connectivity index (χ1v) is 22.3. The van der Waals surface area contributed by atoms with Gasteiger partial charge in [0.25, 0.3) is 0 Å². The molecule has 0 saturated carbocycles. The second-order valence-electron chi connectivity index (χ2n) is 18.1. The van der Waals surface area contributed by atoms with Crippen LogP contribution in [0.15, 0.2) is 54.6 Å². The number of ether oxygens (including phenoxy) is 2. The molecule has 13 heteroatoms. The average Bonchev–Trinajstić information content (AvgIpc) is 3.72. The van der Waals surface area contributed by atoms with Crippen LogP contribution in [0.25, 0.3) is 0 Å². The van der Waals surface area contributed by atoms with Crippen molar-refractivity contribution in [1.29, 1.82) is 0 Å². The van der Waals surface area contributed by atoms with E-state index in [4.69, 9.17) is 15.2 Å². The number of benzene rings is 2. The Bertz CT molecular complexity index is 1660. The van der Waals surface area contributed by atoms with E-state index in [9.17, 15) is 24.3 Å². The van der Waals surface area contributed by atoms with Gasteiger partial charge < -0.3 is 40.7 Å². The van der Waals surface area contributed by atoms with Crippen LogP contribution in [-0.2, 0) is 35.1 Å². The fourth-order valence-electron chi connectivity index (χ4n) is 8.86. The maximum Gasteiger partial charge on any atom is 0.245 e. The number of nitrogens with one attached hydrogen (secondary N) is 2. The fraction of sp³-hybridized carbons (Fsp3) is 0.667. The van der Waals surface area contributed by atoms with Crippen molar-refractivity contribution in [2.45, 2.75) is 130 Å². The van der Waals surface area contributed by atoms with Gasteiger partial charge in [0.05, 0.1) is 48.8 Å². The zero-order valence-corrected chi connectivity index (χ0v) is 39.1. The largest absolute Gasteiger partial charge is 0.399 e. The number of hydrogen-bond acceptors (Lipinski definition) is 9. The van der Waals surface area contributed by atoms with Gasteiger partial charge in [0, 0.05) is 52.5 Å². The van der Waals surface area contributed by atoms with E-state index in [-0.39, 0.29) is 59.8 Å². The fourth-order valence-corrected chi connectivity index (χ4v) is 8.86. The summed E-state index contributed by atoms with van der Waals surface area (Å²) in [5, 5.41) is 17.0.